The van der Waals surface area contributed by atoms with E-state index in [-0.39, 0.29) is 17.8 Å². The molecule has 6 nitrogen and oxygen atoms in total. The molecule has 0 spiro atoms. The molecule has 1 aromatic carbocycles. The molecule has 1 fully saturated rings. The zero-order chi connectivity index (χ0) is 13.4. The molecule has 1 aromatic rings. The molecule has 0 aliphatic carbocycles. The third kappa shape index (κ3) is 2.17. The Labute approximate surface area is 115 Å². The van der Waals surface area contributed by atoms with Crippen LogP contribution in [0.2, 0.25) is 0 Å². The predicted molar refractivity (Wildman–Crippen MR) is 74.6 cm³/mol. The van der Waals surface area contributed by atoms with Crippen LogP contribution in [0.4, 0.5) is 11.4 Å². The van der Waals surface area contributed by atoms with Gasteiger partial charge in [-0.25, -0.2) is 0 Å². The summed E-state index contributed by atoms with van der Waals surface area (Å²) in [6.45, 7) is 0.865. The van der Waals surface area contributed by atoms with E-state index < -0.39 is 0 Å². The summed E-state index contributed by atoms with van der Waals surface area (Å²) >= 11 is 4.86. The van der Waals surface area contributed by atoms with Gasteiger partial charge in [0.15, 0.2) is 16.6 Å². The van der Waals surface area contributed by atoms with Crippen LogP contribution < -0.4 is 25.4 Å². The van der Waals surface area contributed by atoms with E-state index in [1.54, 1.807) is 17.0 Å². The Morgan fingerprint density at radius 3 is 2.74 bits per heavy atom. The Bertz CT molecular complexity index is 561. The number of rotatable bonds is 2. The van der Waals surface area contributed by atoms with E-state index in [0.29, 0.717) is 30.2 Å². The van der Waals surface area contributed by atoms with E-state index >= 15 is 0 Å². The van der Waals surface area contributed by atoms with Crippen molar-refractivity contribution < 1.29 is 14.3 Å². The first kappa shape index (κ1) is 12.0. The third-order valence-electron chi connectivity index (χ3n) is 3.11. The van der Waals surface area contributed by atoms with Gasteiger partial charge in [0.25, 0.3) is 0 Å². The lowest BCUT2D eigenvalue weighted by molar-refractivity contribution is -0.117. The zero-order valence-electron chi connectivity index (χ0n) is 10.1. The van der Waals surface area contributed by atoms with Gasteiger partial charge in [-0.2, -0.15) is 0 Å². The van der Waals surface area contributed by atoms with Crippen molar-refractivity contribution in [2.45, 2.75) is 12.8 Å². The van der Waals surface area contributed by atoms with Gasteiger partial charge in [0.05, 0.1) is 11.4 Å². The number of hydrogen-bond donors (Lipinski definition) is 2. The Kier molecular flexibility index (Phi) is 2.90. The molecule has 3 N–H and O–H groups in total. The van der Waals surface area contributed by atoms with Crippen LogP contribution >= 0.6 is 12.2 Å². The van der Waals surface area contributed by atoms with Gasteiger partial charge in [-0.15, -0.1) is 0 Å². The largest absolute Gasteiger partial charge is 0.454 e. The van der Waals surface area contributed by atoms with Gasteiger partial charge >= 0.3 is 0 Å². The second-order valence-electron chi connectivity index (χ2n) is 4.36. The topological polar surface area (TPSA) is 76.8 Å². The molecule has 1 amide bonds. The molecule has 0 atom stereocenters. The van der Waals surface area contributed by atoms with Gasteiger partial charge in [0.2, 0.25) is 12.7 Å². The Morgan fingerprint density at radius 1 is 1.37 bits per heavy atom. The van der Waals surface area contributed by atoms with Crippen LogP contribution in [0.1, 0.15) is 12.8 Å². The summed E-state index contributed by atoms with van der Waals surface area (Å²) in [5.41, 5.74) is 6.90. The van der Waals surface area contributed by atoms with Crippen molar-refractivity contribution in [1.29, 1.82) is 0 Å². The SMILES string of the molecule is NC(=S)Nc1cc2c(cc1N1CCCC1=O)OCO2. The molecule has 2 aliphatic rings. The van der Waals surface area contributed by atoms with Crippen molar-refractivity contribution in [1.82, 2.24) is 0 Å². The fraction of sp³-hybridized carbons (Fsp3) is 0.333. The number of ether oxygens (including phenoxy) is 2. The van der Waals surface area contributed by atoms with Gasteiger partial charge in [-0.05, 0) is 18.6 Å². The second kappa shape index (κ2) is 4.58. The zero-order valence-corrected chi connectivity index (χ0v) is 11.0. The molecule has 0 unspecified atom stereocenters. The maximum Gasteiger partial charge on any atom is 0.231 e. The number of carbonyl (C=O) groups excluding carboxylic acids is 1. The van der Waals surface area contributed by atoms with Gasteiger partial charge in [0.1, 0.15) is 0 Å². The van der Waals surface area contributed by atoms with Crippen molar-refractivity contribution in [2.75, 3.05) is 23.6 Å². The molecule has 2 aliphatic heterocycles. The molecule has 19 heavy (non-hydrogen) atoms. The normalized spacial score (nSPS) is 16.8. The molecular weight excluding hydrogens is 266 g/mol. The molecule has 0 saturated carbocycles. The number of nitrogens with zero attached hydrogens (tertiary/aromatic N) is 1. The predicted octanol–water partition coefficient (Wildman–Crippen LogP) is 1.20. The Hall–Kier alpha value is -2.02. The highest BCUT2D eigenvalue weighted by Gasteiger charge is 2.27. The van der Waals surface area contributed by atoms with Crippen LogP contribution in [0.3, 0.4) is 0 Å². The minimum absolute atomic E-state index is 0.0878. The van der Waals surface area contributed by atoms with Crippen LogP contribution in [0.25, 0.3) is 0 Å². The quantitative estimate of drug-likeness (QED) is 0.792. The fourth-order valence-electron chi connectivity index (χ4n) is 2.29. The lowest BCUT2D eigenvalue weighted by Gasteiger charge is -2.20. The van der Waals surface area contributed by atoms with Crippen LogP contribution in [-0.4, -0.2) is 24.4 Å². The van der Waals surface area contributed by atoms with E-state index in [1.807, 2.05) is 0 Å². The molecule has 1 saturated heterocycles. The molecule has 0 aromatic heterocycles. The standard InChI is InChI=1S/C12H13N3O3S/c13-12(19)14-7-4-9-10(18-6-17-9)5-8(7)15-3-1-2-11(15)16/h4-5H,1-3,6H2,(H3,13,14,19). The number of anilines is 2. The average Bonchev–Trinajstić information content (AvgIpc) is 2.95. The van der Waals surface area contributed by atoms with Crippen LogP contribution in [0, 0.1) is 0 Å². The summed E-state index contributed by atoms with van der Waals surface area (Å²) in [5.74, 6) is 1.34. The van der Waals surface area contributed by atoms with Crippen molar-refractivity contribution in [3.8, 4) is 11.5 Å². The molecule has 3 rings (SSSR count). The molecule has 0 radical (unpaired) electrons. The summed E-state index contributed by atoms with van der Waals surface area (Å²) in [5, 5.41) is 3.03. The number of hydrogen-bond acceptors (Lipinski definition) is 4. The van der Waals surface area contributed by atoms with E-state index in [2.05, 4.69) is 5.32 Å². The van der Waals surface area contributed by atoms with Gasteiger partial charge in [-0.1, -0.05) is 0 Å². The lowest BCUT2D eigenvalue weighted by Crippen LogP contribution is -2.26. The number of carbonyl (C=O) groups is 1. The van der Waals surface area contributed by atoms with Gasteiger partial charge in [0, 0.05) is 25.1 Å². The molecule has 0 bridgehead atoms. The molecular formula is C12H13N3O3S. The first-order chi connectivity index (χ1) is 9.15. The minimum Gasteiger partial charge on any atom is -0.454 e. The van der Waals surface area contributed by atoms with Crippen LogP contribution in [0.5, 0.6) is 11.5 Å². The number of amides is 1. The van der Waals surface area contributed by atoms with E-state index in [4.69, 9.17) is 27.4 Å². The smallest absolute Gasteiger partial charge is 0.231 e. The first-order valence-corrected chi connectivity index (χ1v) is 6.36. The summed E-state index contributed by atoms with van der Waals surface area (Å²) in [6.07, 6.45) is 1.40. The summed E-state index contributed by atoms with van der Waals surface area (Å²) in [7, 11) is 0. The third-order valence-corrected chi connectivity index (χ3v) is 3.22. The monoisotopic (exact) mass is 279 g/mol. The van der Waals surface area contributed by atoms with E-state index in [0.717, 1.165) is 12.1 Å². The number of fused-ring (bicyclic) bond motifs is 1. The summed E-state index contributed by atoms with van der Waals surface area (Å²) in [4.78, 5) is 13.6. The number of nitrogens with one attached hydrogen (secondary N) is 1. The fourth-order valence-corrected chi connectivity index (χ4v) is 2.40. The maximum absolute atomic E-state index is 11.9. The van der Waals surface area contributed by atoms with Crippen LogP contribution in [-0.2, 0) is 4.79 Å². The minimum atomic E-state index is 0.0878. The van der Waals surface area contributed by atoms with Gasteiger partial charge in [-0.3, -0.25) is 4.79 Å². The van der Waals surface area contributed by atoms with Crippen molar-refractivity contribution in [3.63, 3.8) is 0 Å². The highest BCUT2D eigenvalue weighted by molar-refractivity contribution is 7.80. The first-order valence-electron chi connectivity index (χ1n) is 5.95. The number of nitrogens with two attached hydrogens (primary N) is 1. The molecule has 100 valence electrons. The Balaban J connectivity index is 2.04. The van der Waals surface area contributed by atoms with Crippen LogP contribution in [0.15, 0.2) is 12.1 Å². The average molecular weight is 279 g/mol. The van der Waals surface area contributed by atoms with Crippen molar-refractivity contribution >= 4 is 34.6 Å². The number of thiocarbonyl (C=S) groups is 1. The second-order valence-corrected chi connectivity index (χ2v) is 4.80. The molecule has 2 heterocycles. The lowest BCUT2D eigenvalue weighted by atomic mass is 10.2. The maximum atomic E-state index is 11.9. The Morgan fingerprint density at radius 2 is 2.11 bits per heavy atom. The summed E-state index contributed by atoms with van der Waals surface area (Å²) < 4.78 is 10.7. The number of benzene rings is 1. The van der Waals surface area contributed by atoms with E-state index in [9.17, 15) is 4.79 Å². The van der Waals surface area contributed by atoms with Crippen molar-refractivity contribution in [3.05, 3.63) is 12.1 Å². The highest BCUT2D eigenvalue weighted by atomic mass is 32.1. The van der Waals surface area contributed by atoms with E-state index in [1.165, 1.54) is 0 Å². The van der Waals surface area contributed by atoms with Gasteiger partial charge < -0.3 is 25.4 Å². The highest BCUT2D eigenvalue weighted by Crippen LogP contribution is 2.42. The van der Waals surface area contributed by atoms with Crippen molar-refractivity contribution in [2.24, 2.45) is 5.73 Å². The molecule has 7 heteroatoms. The summed E-state index contributed by atoms with van der Waals surface area (Å²) in [6, 6.07) is 3.54.